The van der Waals surface area contributed by atoms with E-state index in [-0.39, 0.29) is 28.6 Å². The monoisotopic (exact) mass is 517 g/mol. The van der Waals surface area contributed by atoms with Crippen LogP contribution in [-0.2, 0) is 18.8 Å². The van der Waals surface area contributed by atoms with E-state index in [9.17, 15) is 4.79 Å². The first kappa shape index (κ1) is 25.8. The SMILES string of the molecule is CC(C)CC(=O)N1C[C@]2(CCCOC2)C[C@H]1c1nc2c(ccc3cc(B4OC(C)(C)C(C)(C)O4)ccc32)[nH]1. The highest BCUT2D eigenvalue weighted by molar-refractivity contribution is 6.62. The molecule has 1 aromatic heterocycles. The highest BCUT2D eigenvalue weighted by atomic mass is 16.7. The van der Waals surface area contributed by atoms with Gasteiger partial charge in [0.05, 0.1) is 34.9 Å². The van der Waals surface area contributed by atoms with E-state index in [1.165, 1.54) is 0 Å². The smallest absolute Gasteiger partial charge is 0.399 e. The lowest BCUT2D eigenvalue weighted by atomic mass is 9.78. The molecule has 3 aliphatic heterocycles. The number of aromatic amines is 1. The first-order chi connectivity index (χ1) is 18.0. The largest absolute Gasteiger partial charge is 0.494 e. The van der Waals surface area contributed by atoms with Crippen molar-refractivity contribution in [1.29, 1.82) is 0 Å². The van der Waals surface area contributed by atoms with Gasteiger partial charge in [0.1, 0.15) is 5.82 Å². The molecule has 1 spiro atoms. The second-order valence-electron chi connectivity index (χ2n) is 13.1. The van der Waals surface area contributed by atoms with Gasteiger partial charge in [-0.05, 0) is 69.8 Å². The molecule has 3 aliphatic rings. The number of carbonyl (C=O) groups is 1. The predicted molar refractivity (Wildman–Crippen MR) is 150 cm³/mol. The average molecular weight is 517 g/mol. The molecular weight excluding hydrogens is 477 g/mol. The van der Waals surface area contributed by atoms with Crippen LogP contribution in [0.1, 0.15) is 79.1 Å². The van der Waals surface area contributed by atoms with Crippen molar-refractivity contribution in [3.63, 3.8) is 0 Å². The van der Waals surface area contributed by atoms with Gasteiger partial charge in [-0.3, -0.25) is 4.79 Å². The summed E-state index contributed by atoms with van der Waals surface area (Å²) in [7, 11) is -0.400. The van der Waals surface area contributed by atoms with Crippen LogP contribution >= 0.6 is 0 Å². The Labute approximate surface area is 225 Å². The average Bonchev–Trinajstić information content (AvgIpc) is 3.51. The number of ether oxygens (including phenoxy) is 1. The third-order valence-corrected chi connectivity index (χ3v) is 9.17. The lowest BCUT2D eigenvalue weighted by Crippen LogP contribution is -2.41. The van der Waals surface area contributed by atoms with E-state index in [0.717, 1.165) is 72.1 Å². The van der Waals surface area contributed by atoms with Crippen molar-refractivity contribution >= 4 is 40.3 Å². The van der Waals surface area contributed by atoms with E-state index in [4.69, 9.17) is 19.0 Å². The molecule has 2 aromatic carbocycles. The maximum atomic E-state index is 13.4. The molecule has 3 saturated heterocycles. The Bertz CT molecular complexity index is 1360. The van der Waals surface area contributed by atoms with Crippen LogP contribution < -0.4 is 5.46 Å². The van der Waals surface area contributed by atoms with Crippen molar-refractivity contribution in [1.82, 2.24) is 14.9 Å². The Morgan fingerprint density at radius 1 is 1.16 bits per heavy atom. The van der Waals surface area contributed by atoms with Crippen LogP contribution in [0.4, 0.5) is 0 Å². The van der Waals surface area contributed by atoms with Crippen LogP contribution in [0.5, 0.6) is 0 Å². The van der Waals surface area contributed by atoms with Crippen LogP contribution in [0.25, 0.3) is 21.8 Å². The van der Waals surface area contributed by atoms with Crippen molar-refractivity contribution in [2.24, 2.45) is 11.3 Å². The summed E-state index contributed by atoms with van der Waals surface area (Å²) in [5, 5.41) is 2.18. The number of H-pyrrole nitrogens is 1. The molecule has 8 heteroatoms. The van der Waals surface area contributed by atoms with Gasteiger partial charge in [-0.15, -0.1) is 0 Å². The number of hydrogen-bond acceptors (Lipinski definition) is 5. The fourth-order valence-electron chi connectivity index (χ4n) is 6.35. The molecule has 1 amide bonds. The van der Waals surface area contributed by atoms with Gasteiger partial charge < -0.3 is 23.9 Å². The maximum absolute atomic E-state index is 13.4. The number of amides is 1. The Balaban J connectivity index is 1.34. The number of nitrogens with one attached hydrogen (secondary N) is 1. The van der Waals surface area contributed by atoms with Crippen LogP contribution in [0.2, 0.25) is 0 Å². The van der Waals surface area contributed by atoms with Crippen LogP contribution in [0.15, 0.2) is 30.3 Å². The molecule has 38 heavy (non-hydrogen) atoms. The topological polar surface area (TPSA) is 76.7 Å². The summed E-state index contributed by atoms with van der Waals surface area (Å²) < 4.78 is 18.5. The number of imidazole rings is 1. The normalized spacial score (nSPS) is 26.9. The van der Waals surface area contributed by atoms with Crippen molar-refractivity contribution in [3.8, 4) is 0 Å². The molecule has 0 unspecified atom stereocenters. The second-order valence-corrected chi connectivity index (χ2v) is 13.1. The predicted octanol–water partition coefficient (Wildman–Crippen LogP) is 5.13. The van der Waals surface area contributed by atoms with E-state index in [1.807, 2.05) is 0 Å². The van der Waals surface area contributed by atoms with E-state index >= 15 is 0 Å². The van der Waals surface area contributed by atoms with Crippen molar-refractivity contribution in [2.75, 3.05) is 19.8 Å². The van der Waals surface area contributed by atoms with Gasteiger partial charge in [0.15, 0.2) is 0 Å². The molecule has 3 aromatic rings. The molecule has 7 nitrogen and oxygen atoms in total. The number of carbonyl (C=O) groups excluding carboxylic acids is 1. The molecule has 202 valence electrons. The highest BCUT2D eigenvalue weighted by Gasteiger charge is 2.52. The van der Waals surface area contributed by atoms with Gasteiger partial charge in [-0.1, -0.05) is 38.1 Å². The van der Waals surface area contributed by atoms with E-state index in [2.05, 4.69) is 81.8 Å². The first-order valence-electron chi connectivity index (χ1n) is 14.1. The minimum atomic E-state index is -0.400. The number of hydrogen-bond donors (Lipinski definition) is 1. The Morgan fingerprint density at radius 3 is 2.61 bits per heavy atom. The summed E-state index contributed by atoms with van der Waals surface area (Å²) >= 11 is 0. The fourth-order valence-corrected chi connectivity index (χ4v) is 6.35. The molecule has 1 N–H and O–H groups in total. The Kier molecular flexibility index (Phi) is 6.17. The number of fused-ring (bicyclic) bond motifs is 3. The molecule has 0 bridgehead atoms. The Morgan fingerprint density at radius 2 is 1.92 bits per heavy atom. The molecule has 2 atom stereocenters. The molecule has 0 saturated carbocycles. The minimum Gasteiger partial charge on any atom is -0.399 e. The van der Waals surface area contributed by atoms with Crippen LogP contribution in [0.3, 0.4) is 0 Å². The summed E-state index contributed by atoms with van der Waals surface area (Å²) in [5.74, 6) is 1.41. The number of rotatable bonds is 4. The van der Waals surface area contributed by atoms with Crippen LogP contribution in [-0.4, -0.2) is 58.9 Å². The lowest BCUT2D eigenvalue weighted by molar-refractivity contribution is -0.133. The molecule has 3 fully saturated rings. The van der Waals surface area contributed by atoms with Gasteiger partial charge >= 0.3 is 7.12 Å². The fraction of sp³-hybridized carbons (Fsp3) is 0.600. The van der Waals surface area contributed by atoms with Gasteiger partial charge in [-0.2, -0.15) is 0 Å². The zero-order chi connectivity index (χ0) is 26.9. The first-order valence-corrected chi connectivity index (χ1v) is 14.1. The molecular formula is C30H40BN3O4. The Hall–Kier alpha value is -2.42. The molecule has 0 radical (unpaired) electrons. The van der Waals surface area contributed by atoms with Crippen molar-refractivity contribution in [2.45, 2.75) is 84.5 Å². The highest BCUT2D eigenvalue weighted by Crippen LogP contribution is 2.47. The maximum Gasteiger partial charge on any atom is 0.494 e. The number of benzene rings is 2. The number of nitrogens with zero attached hydrogens (tertiary/aromatic N) is 2. The summed E-state index contributed by atoms with van der Waals surface area (Å²) in [5.41, 5.74) is 2.20. The zero-order valence-corrected chi connectivity index (χ0v) is 23.6. The second kappa shape index (κ2) is 9.07. The van der Waals surface area contributed by atoms with E-state index in [1.54, 1.807) is 0 Å². The number of likely N-dealkylation sites (tertiary alicyclic amines) is 1. The van der Waals surface area contributed by atoms with Crippen molar-refractivity contribution < 1.29 is 18.8 Å². The summed E-state index contributed by atoms with van der Waals surface area (Å²) in [6, 6.07) is 10.5. The van der Waals surface area contributed by atoms with Crippen molar-refractivity contribution in [3.05, 3.63) is 36.2 Å². The molecule has 6 rings (SSSR count). The van der Waals surface area contributed by atoms with Gasteiger partial charge in [0.25, 0.3) is 0 Å². The van der Waals surface area contributed by atoms with Gasteiger partial charge in [-0.25, -0.2) is 4.98 Å². The molecule has 0 aliphatic carbocycles. The zero-order valence-electron chi connectivity index (χ0n) is 23.6. The van der Waals surface area contributed by atoms with Gasteiger partial charge in [0.2, 0.25) is 5.91 Å². The lowest BCUT2D eigenvalue weighted by Gasteiger charge is -2.32. The summed E-state index contributed by atoms with van der Waals surface area (Å²) in [6.07, 6.45) is 3.59. The third kappa shape index (κ3) is 4.35. The van der Waals surface area contributed by atoms with E-state index < -0.39 is 7.12 Å². The standard InChI is InChI=1S/C30H40BN3O4/c1-19(2)14-25(35)34-17-30(12-7-13-36-18-30)16-24(34)27-32-23-11-8-20-15-21(9-10-22(20)26(23)33-27)31-37-28(3,4)29(5,6)38-31/h8-11,15,19,24H,7,12-14,16-18H2,1-6H3,(H,32,33)/t24-,30-/m0/s1. The van der Waals surface area contributed by atoms with Crippen LogP contribution in [0, 0.1) is 11.3 Å². The van der Waals surface area contributed by atoms with E-state index in [0.29, 0.717) is 12.3 Å². The van der Waals surface area contributed by atoms with Gasteiger partial charge in [0, 0.05) is 30.4 Å². The summed E-state index contributed by atoms with van der Waals surface area (Å²) in [6.45, 7) is 14.8. The minimum absolute atomic E-state index is 0.0222. The quantitative estimate of drug-likeness (QED) is 0.486. The third-order valence-electron chi connectivity index (χ3n) is 9.17. The number of aromatic nitrogens is 2. The summed E-state index contributed by atoms with van der Waals surface area (Å²) in [4.78, 5) is 24.2. The molecule has 4 heterocycles.